The van der Waals surface area contributed by atoms with Gasteiger partial charge in [0, 0.05) is 24.5 Å². The highest BCUT2D eigenvalue weighted by atomic mass is 16.3. The molecule has 23 heavy (non-hydrogen) atoms. The Labute approximate surface area is 135 Å². The van der Waals surface area contributed by atoms with E-state index in [1.165, 1.54) is 0 Å². The van der Waals surface area contributed by atoms with E-state index in [4.69, 9.17) is 0 Å². The van der Waals surface area contributed by atoms with Gasteiger partial charge >= 0.3 is 0 Å². The molecule has 0 bridgehead atoms. The molecule has 2 heterocycles. The first-order chi connectivity index (χ1) is 11.2. The second-order valence-electron chi connectivity index (χ2n) is 5.40. The number of rotatable bonds is 6. The van der Waals surface area contributed by atoms with Crippen LogP contribution >= 0.6 is 0 Å². The third-order valence-corrected chi connectivity index (χ3v) is 3.90. The quantitative estimate of drug-likeness (QED) is 0.652. The smallest absolute Gasteiger partial charge is 0.165 e. The fourth-order valence-corrected chi connectivity index (χ4v) is 2.48. The Morgan fingerprint density at radius 2 is 2.17 bits per heavy atom. The molecule has 0 amide bonds. The molecule has 6 nitrogen and oxygen atoms in total. The molecular formula is C17H21N5O. The highest BCUT2D eigenvalue weighted by Crippen LogP contribution is 2.26. The Morgan fingerprint density at radius 1 is 1.30 bits per heavy atom. The number of benzene rings is 1. The van der Waals surface area contributed by atoms with Crippen LogP contribution in [-0.2, 0) is 0 Å². The Kier molecular flexibility index (Phi) is 4.43. The number of fused-ring (bicyclic) bond motifs is 1. The highest BCUT2D eigenvalue weighted by Gasteiger charge is 2.11. The maximum atomic E-state index is 9.34. The van der Waals surface area contributed by atoms with Crippen LogP contribution in [0.5, 0.6) is 0 Å². The van der Waals surface area contributed by atoms with Gasteiger partial charge in [-0.05, 0) is 30.2 Å². The molecule has 1 aromatic carbocycles. The van der Waals surface area contributed by atoms with Crippen molar-refractivity contribution < 1.29 is 5.11 Å². The van der Waals surface area contributed by atoms with Crippen molar-refractivity contribution in [2.24, 2.45) is 0 Å². The normalized spacial score (nSPS) is 12.3. The molecule has 0 aliphatic heterocycles. The summed E-state index contributed by atoms with van der Waals surface area (Å²) in [6.45, 7) is 2.11. The van der Waals surface area contributed by atoms with E-state index in [-0.39, 0.29) is 12.6 Å². The minimum Gasteiger partial charge on any atom is -0.394 e. The molecule has 0 saturated carbocycles. The van der Waals surface area contributed by atoms with E-state index in [0.717, 1.165) is 34.7 Å². The van der Waals surface area contributed by atoms with Crippen LogP contribution in [0.15, 0.2) is 42.7 Å². The topological polar surface area (TPSA) is 74.5 Å². The summed E-state index contributed by atoms with van der Waals surface area (Å²) in [4.78, 5) is 4.66. The fraction of sp³-hybridized carbons (Fsp3) is 0.294. The average Bonchev–Trinajstić information content (AvgIpc) is 3.03. The molecule has 1 unspecified atom stereocenters. The Morgan fingerprint density at radius 3 is 2.91 bits per heavy atom. The Hall–Kier alpha value is -2.60. The van der Waals surface area contributed by atoms with E-state index < -0.39 is 0 Å². The molecule has 3 rings (SSSR count). The van der Waals surface area contributed by atoms with Crippen LogP contribution in [0.4, 0.5) is 11.5 Å². The van der Waals surface area contributed by atoms with Crippen molar-refractivity contribution in [3.63, 3.8) is 0 Å². The second-order valence-corrected chi connectivity index (χ2v) is 5.40. The van der Waals surface area contributed by atoms with Crippen molar-refractivity contribution in [2.45, 2.75) is 19.4 Å². The molecule has 0 saturated heterocycles. The lowest BCUT2D eigenvalue weighted by Crippen LogP contribution is -2.23. The maximum Gasteiger partial charge on any atom is 0.165 e. The van der Waals surface area contributed by atoms with Crippen molar-refractivity contribution in [2.75, 3.05) is 24.3 Å². The first-order valence-electron chi connectivity index (χ1n) is 7.75. The van der Waals surface area contributed by atoms with Crippen LogP contribution in [0.25, 0.3) is 16.8 Å². The van der Waals surface area contributed by atoms with Gasteiger partial charge in [0.1, 0.15) is 5.82 Å². The Balaban J connectivity index is 2.01. The summed E-state index contributed by atoms with van der Waals surface area (Å²) in [6, 6.07) is 10.0. The number of hydrogen-bond acceptors (Lipinski definition) is 5. The van der Waals surface area contributed by atoms with E-state index in [9.17, 15) is 5.11 Å². The SMILES string of the molecule is CCC(CO)Nc1ccn2ncc(-c3cccc(NC)c3)c2n1. The highest BCUT2D eigenvalue weighted by molar-refractivity contribution is 5.79. The van der Waals surface area contributed by atoms with Gasteiger partial charge in [0.25, 0.3) is 0 Å². The first kappa shape index (κ1) is 15.3. The van der Waals surface area contributed by atoms with Crippen molar-refractivity contribution in [1.29, 1.82) is 0 Å². The summed E-state index contributed by atoms with van der Waals surface area (Å²) >= 11 is 0. The van der Waals surface area contributed by atoms with Crippen LogP contribution in [0.1, 0.15) is 13.3 Å². The number of anilines is 2. The summed E-state index contributed by atoms with van der Waals surface area (Å²) in [5, 5.41) is 20.1. The third kappa shape index (κ3) is 3.12. The van der Waals surface area contributed by atoms with E-state index >= 15 is 0 Å². The molecule has 1 atom stereocenters. The van der Waals surface area contributed by atoms with E-state index in [1.54, 1.807) is 4.52 Å². The van der Waals surface area contributed by atoms with E-state index in [1.807, 2.05) is 50.6 Å². The summed E-state index contributed by atoms with van der Waals surface area (Å²) < 4.78 is 1.76. The zero-order valence-electron chi connectivity index (χ0n) is 13.3. The van der Waals surface area contributed by atoms with E-state index in [2.05, 4.69) is 26.8 Å². The first-order valence-corrected chi connectivity index (χ1v) is 7.75. The van der Waals surface area contributed by atoms with Gasteiger partial charge in [-0.1, -0.05) is 19.1 Å². The van der Waals surface area contributed by atoms with Crippen molar-refractivity contribution in [3.8, 4) is 11.1 Å². The zero-order valence-corrected chi connectivity index (χ0v) is 13.3. The number of nitrogens with zero attached hydrogens (tertiary/aromatic N) is 3. The molecule has 120 valence electrons. The lowest BCUT2D eigenvalue weighted by atomic mass is 10.1. The molecular weight excluding hydrogens is 290 g/mol. The molecule has 6 heteroatoms. The van der Waals surface area contributed by atoms with Gasteiger partial charge in [0.2, 0.25) is 0 Å². The van der Waals surface area contributed by atoms with Crippen molar-refractivity contribution >= 4 is 17.2 Å². The van der Waals surface area contributed by atoms with Crippen molar-refractivity contribution in [3.05, 3.63) is 42.7 Å². The van der Waals surface area contributed by atoms with Crippen LogP contribution in [-0.4, -0.2) is 39.4 Å². The van der Waals surface area contributed by atoms with Crippen LogP contribution in [0, 0.1) is 0 Å². The van der Waals surface area contributed by atoms with Gasteiger partial charge in [-0.25, -0.2) is 9.50 Å². The molecule has 0 radical (unpaired) electrons. The average molecular weight is 311 g/mol. The lowest BCUT2D eigenvalue weighted by Gasteiger charge is -2.14. The lowest BCUT2D eigenvalue weighted by molar-refractivity contribution is 0.271. The Bertz CT molecular complexity index is 795. The second kappa shape index (κ2) is 6.66. The summed E-state index contributed by atoms with van der Waals surface area (Å²) in [5.41, 5.74) is 3.87. The summed E-state index contributed by atoms with van der Waals surface area (Å²) in [6.07, 6.45) is 4.53. The van der Waals surface area contributed by atoms with Gasteiger partial charge in [-0.3, -0.25) is 0 Å². The van der Waals surface area contributed by atoms with Gasteiger partial charge in [0.15, 0.2) is 5.65 Å². The minimum atomic E-state index is 0.00365. The predicted octanol–water partition coefficient (Wildman–Crippen LogP) is 2.62. The molecule has 3 aromatic rings. The number of aliphatic hydroxyl groups excluding tert-OH is 1. The standard InChI is InChI=1S/C17H21N5O/c1-3-13(11-23)20-16-7-8-22-17(21-16)15(10-19-22)12-5-4-6-14(9-12)18-2/h4-10,13,18,23H,3,11H2,1-2H3,(H,20,21). The van der Waals surface area contributed by atoms with Gasteiger partial charge in [0.05, 0.1) is 18.8 Å². The fourth-order valence-electron chi connectivity index (χ4n) is 2.48. The van der Waals surface area contributed by atoms with Crippen LogP contribution < -0.4 is 10.6 Å². The van der Waals surface area contributed by atoms with Gasteiger partial charge in [-0.15, -0.1) is 0 Å². The molecule has 0 aliphatic rings. The van der Waals surface area contributed by atoms with Crippen LogP contribution in [0.3, 0.4) is 0 Å². The monoisotopic (exact) mass is 311 g/mol. The molecule has 0 fully saturated rings. The summed E-state index contributed by atoms with van der Waals surface area (Å²) in [7, 11) is 1.90. The number of aromatic nitrogens is 3. The number of aliphatic hydroxyl groups is 1. The third-order valence-electron chi connectivity index (χ3n) is 3.90. The van der Waals surface area contributed by atoms with E-state index in [0.29, 0.717) is 0 Å². The number of hydrogen-bond donors (Lipinski definition) is 3. The molecule has 2 aromatic heterocycles. The maximum absolute atomic E-state index is 9.34. The zero-order chi connectivity index (χ0) is 16.2. The van der Waals surface area contributed by atoms with Gasteiger partial charge in [-0.2, -0.15) is 5.10 Å². The van der Waals surface area contributed by atoms with Crippen LogP contribution in [0.2, 0.25) is 0 Å². The summed E-state index contributed by atoms with van der Waals surface area (Å²) in [5.74, 6) is 0.741. The minimum absolute atomic E-state index is 0.00365. The molecule has 0 spiro atoms. The number of nitrogens with one attached hydrogen (secondary N) is 2. The molecule has 3 N–H and O–H groups in total. The van der Waals surface area contributed by atoms with Gasteiger partial charge < -0.3 is 15.7 Å². The molecule has 0 aliphatic carbocycles. The predicted molar refractivity (Wildman–Crippen MR) is 92.8 cm³/mol. The van der Waals surface area contributed by atoms with Crippen molar-refractivity contribution in [1.82, 2.24) is 14.6 Å². The largest absolute Gasteiger partial charge is 0.394 e.